The lowest BCUT2D eigenvalue weighted by Crippen LogP contribution is -2.44. The number of nitrogens with one attached hydrogen (secondary N) is 2. The van der Waals surface area contributed by atoms with Gasteiger partial charge in [-0.25, -0.2) is 4.79 Å². The molecule has 3 rings (SSSR count). The third kappa shape index (κ3) is 4.61. The van der Waals surface area contributed by atoms with Crippen LogP contribution in [0.5, 0.6) is 0 Å². The van der Waals surface area contributed by atoms with Gasteiger partial charge in [-0.3, -0.25) is 14.5 Å². The molecule has 1 atom stereocenters. The molecule has 2 aromatic rings. The molecule has 0 aromatic heterocycles. The second kappa shape index (κ2) is 9.85. The Labute approximate surface area is 189 Å². The molecular formula is C25H32N4O3. The highest BCUT2D eigenvalue weighted by Crippen LogP contribution is 2.33. The van der Waals surface area contributed by atoms with Gasteiger partial charge in [0.15, 0.2) is 0 Å². The summed E-state index contributed by atoms with van der Waals surface area (Å²) < 4.78 is 0. The van der Waals surface area contributed by atoms with Crippen molar-refractivity contribution in [2.45, 2.75) is 52.1 Å². The third-order valence-corrected chi connectivity index (χ3v) is 5.82. The van der Waals surface area contributed by atoms with Crippen LogP contribution in [0.4, 0.5) is 16.2 Å². The summed E-state index contributed by atoms with van der Waals surface area (Å²) in [6.45, 7) is 8.87. The Balaban J connectivity index is 1.71. The lowest BCUT2D eigenvalue weighted by molar-refractivity contribution is -0.134. The number of amides is 4. The van der Waals surface area contributed by atoms with Crippen molar-refractivity contribution in [1.82, 2.24) is 10.2 Å². The van der Waals surface area contributed by atoms with Crippen molar-refractivity contribution in [3.63, 3.8) is 0 Å². The lowest BCUT2D eigenvalue weighted by Gasteiger charge is -2.27. The molecule has 0 aliphatic carbocycles. The van der Waals surface area contributed by atoms with Crippen molar-refractivity contribution in [3.05, 3.63) is 60.2 Å². The summed E-state index contributed by atoms with van der Waals surface area (Å²) in [5.74, 6) is -0.811. The standard InChI is InChI=1S/C25H32N4O3/c1-5-16-25(19-10-8-7-9-11-19)23(31)29(24(32)27-25)17-22(30)26-20-12-14-21(15-13-20)28(6-2)18(3)4/h7-15,18H,5-6,16-17H2,1-4H3,(H,26,30)(H,27,32)/t25-/m0/s1. The van der Waals surface area contributed by atoms with Crippen molar-refractivity contribution in [2.24, 2.45) is 0 Å². The van der Waals surface area contributed by atoms with Gasteiger partial charge in [-0.2, -0.15) is 0 Å². The second-order valence-corrected chi connectivity index (χ2v) is 8.32. The lowest BCUT2D eigenvalue weighted by atomic mass is 9.85. The van der Waals surface area contributed by atoms with E-state index in [2.05, 4.69) is 36.3 Å². The molecule has 0 bridgehead atoms. The van der Waals surface area contributed by atoms with Crippen LogP contribution in [0, 0.1) is 0 Å². The number of carbonyl (C=O) groups excluding carboxylic acids is 3. The molecule has 4 amide bonds. The number of anilines is 2. The molecule has 0 radical (unpaired) electrons. The number of benzene rings is 2. The van der Waals surface area contributed by atoms with E-state index in [0.29, 0.717) is 24.6 Å². The van der Waals surface area contributed by atoms with E-state index in [9.17, 15) is 14.4 Å². The minimum absolute atomic E-state index is 0.336. The van der Waals surface area contributed by atoms with E-state index in [1.165, 1.54) is 0 Å². The smallest absolute Gasteiger partial charge is 0.325 e. The maximum absolute atomic E-state index is 13.3. The fraction of sp³-hybridized carbons (Fsp3) is 0.400. The van der Waals surface area contributed by atoms with Gasteiger partial charge in [0.1, 0.15) is 12.1 Å². The van der Waals surface area contributed by atoms with Gasteiger partial charge in [0, 0.05) is 24.0 Å². The number of hydrogen-bond acceptors (Lipinski definition) is 4. The number of imide groups is 1. The SMILES string of the molecule is CCC[C@@]1(c2ccccc2)NC(=O)N(CC(=O)Nc2ccc(N(CC)C(C)C)cc2)C1=O. The Kier molecular flexibility index (Phi) is 7.18. The van der Waals surface area contributed by atoms with E-state index < -0.39 is 23.4 Å². The zero-order chi connectivity index (χ0) is 23.3. The molecule has 7 heteroatoms. The zero-order valence-electron chi connectivity index (χ0n) is 19.2. The molecule has 0 unspecified atom stereocenters. The summed E-state index contributed by atoms with van der Waals surface area (Å²) in [6.07, 6.45) is 1.17. The van der Waals surface area contributed by atoms with Gasteiger partial charge in [-0.1, -0.05) is 43.7 Å². The minimum atomic E-state index is -1.13. The minimum Gasteiger partial charge on any atom is -0.369 e. The molecule has 0 spiro atoms. The normalized spacial score (nSPS) is 18.1. The maximum atomic E-state index is 13.3. The van der Waals surface area contributed by atoms with E-state index in [1.54, 1.807) is 0 Å². The van der Waals surface area contributed by atoms with Crippen molar-refractivity contribution in [2.75, 3.05) is 23.3 Å². The quantitative estimate of drug-likeness (QED) is 0.580. The molecule has 1 heterocycles. The summed E-state index contributed by atoms with van der Waals surface area (Å²) in [4.78, 5) is 41.9. The molecule has 1 aliphatic rings. The molecule has 0 saturated carbocycles. The van der Waals surface area contributed by atoms with Crippen LogP contribution in [-0.4, -0.2) is 41.9 Å². The summed E-state index contributed by atoms with van der Waals surface area (Å²) >= 11 is 0. The number of hydrogen-bond donors (Lipinski definition) is 2. The van der Waals surface area contributed by atoms with E-state index in [-0.39, 0.29) is 6.54 Å². The van der Waals surface area contributed by atoms with Crippen LogP contribution in [-0.2, 0) is 15.1 Å². The van der Waals surface area contributed by atoms with Crippen molar-refractivity contribution in [1.29, 1.82) is 0 Å². The van der Waals surface area contributed by atoms with Gasteiger partial charge in [0.2, 0.25) is 5.91 Å². The highest BCUT2D eigenvalue weighted by molar-refractivity contribution is 6.10. The van der Waals surface area contributed by atoms with Crippen molar-refractivity contribution in [3.8, 4) is 0 Å². The summed E-state index contributed by atoms with van der Waals surface area (Å²) in [7, 11) is 0. The fourth-order valence-electron chi connectivity index (χ4n) is 4.30. The van der Waals surface area contributed by atoms with Gasteiger partial charge < -0.3 is 15.5 Å². The molecular weight excluding hydrogens is 404 g/mol. The van der Waals surface area contributed by atoms with E-state index in [0.717, 1.165) is 22.7 Å². The molecule has 170 valence electrons. The van der Waals surface area contributed by atoms with Crippen LogP contribution in [0.15, 0.2) is 54.6 Å². The van der Waals surface area contributed by atoms with Crippen LogP contribution >= 0.6 is 0 Å². The highest BCUT2D eigenvalue weighted by Gasteiger charge is 2.52. The Morgan fingerprint density at radius 2 is 1.72 bits per heavy atom. The van der Waals surface area contributed by atoms with Gasteiger partial charge >= 0.3 is 6.03 Å². The largest absolute Gasteiger partial charge is 0.369 e. The van der Waals surface area contributed by atoms with Gasteiger partial charge in [0.05, 0.1) is 0 Å². The average molecular weight is 437 g/mol. The molecule has 2 N–H and O–H groups in total. The van der Waals surface area contributed by atoms with Crippen LogP contribution in [0.2, 0.25) is 0 Å². The third-order valence-electron chi connectivity index (χ3n) is 5.82. The molecule has 1 saturated heterocycles. The summed E-state index contributed by atoms with van der Waals surface area (Å²) in [6, 6.07) is 16.6. The summed E-state index contributed by atoms with van der Waals surface area (Å²) in [5.41, 5.74) is 1.29. The first kappa shape index (κ1) is 23.3. The van der Waals surface area contributed by atoms with Gasteiger partial charge in [0.25, 0.3) is 5.91 Å². The van der Waals surface area contributed by atoms with Crippen LogP contribution in [0.1, 0.15) is 46.1 Å². The Bertz CT molecular complexity index is 959. The second-order valence-electron chi connectivity index (χ2n) is 8.32. The molecule has 7 nitrogen and oxygen atoms in total. The topological polar surface area (TPSA) is 81.8 Å². The molecule has 1 aliphatic heterocycles. The number of urea groups is 1. The van der Waals surface area contributed by atoms with E-state index in [1.807, 2.05) is 61.5 Å². The van der Waals surface area contributed by atoms with Crippen molar-refractivity contribution < 1.29 is 14.4 Å². The van der Waals surface area contributed by atoms with E-state index >= 15 is 0 Å². The first-order valence-electron chi connectivity index (χ1n) is 11.2. The Hall–Kier alpha value is -3.35. The van der Waals surface area contributed by atoms with Gasteiger partial charge in [-0.15, -0.1) is 0 Å². The molecule has 32 heavy (non-hydrogen) atoms. The maximum Gasteiger partial charge on any atom is 0.325 e. The predicted octanol–water partition coefficient (Wildman–Crippen LogP) is 4.11. The van der Waals surface area contributed by atoms with E-state index in [4.69, 9.17) is 0 Å². The van der Waals surface area contributed by atoms with Crippen LogP contribution in [0.3, 0.4) is 0 Å². The first-order chi connectivity index (χ1) is 15.3. The zero-order valence-corrected chi connectivity index (χ0v) is 19.2. The fourth-order valence-corrected chi connectivity index (χ4v) is 4.30. The van der Waals surface area contributed by atoms with Crippen LogP contribution in [0.25, 0.3) is 0 Å². The highest BCUT2D eigenvalue weighted by atomic mass is 16.2. The Morgan fingerprint density at radius 1 is 1.06 bits per heavy atom. The Morgan fingerprint density at radius 3 is 2.28 bits per heavy atom. The predicted molar refractivity (Wildman–Crippen MR) is 127 cm³/mol. The number of nitrogens with zero attached hydrogens (tertiary/aromatic N) is 2. The first-order valence-corrected chi connectivity index (χ1v) is 11.2. The molecule has 2 aromatic carbocycles. The average Bonchev–Trinajstić information content (AvgIpc) is 3.01. The summed E-state index contributed by atoms with van der Waals surface area (Å²) in [5, 5.41) is 5.63. The monoisotopic (exact) mass is 436 g/mol. The van der Waals surface area contributed by atoms with Crippen LogP contribution < -0.4 is 15.5 Å². The van der Waals surface area contributed by atoms with Crippen molar-refractivity contribution >= 4 is 29.2 Å². The van der Waals surface area contributed by atoms with Gasteiger partial charge in [-0.05, 0) is 57.0 Å². The molecule has 1 fully saturated rings. The number of rotatable bonds is 9. The number of carbonyl (C=O) groups is 3.